The molecule has 0 N–H and O–H groups in total. The quantitative estimate of drug-likeness (QED) is 0.498. The van der Waals surface area contributed by atoms with Gasteiger partial charge in [-0.3, -0.25) is 0 Å². The van der Waals surface area contributed by atoms with Crippen LogP contribution in [0.25, 0.3) is 0 Å². The number of hydrogen-bond donors (Lipinski definition) is 0. The van der Waals surface area contributed by atoms with Crippen molar-refractivity contribution < 1.29 is 0 Å². The van der Waals surface area contributed by atoms with Gasteiger partial charge in [0.15, 0.2) is 0 Å². The van der Waals surface area contributed by atoms with Gasteiger partial charge in [-0.2, -0.15) is 0 Å². The van der Waals surface area contributed by atoms with E-state index in [4.69, 9.17) is 0 Å². The Hall–Kier alpha value is 0. The number of hydrogen-bond acceptors (Lipinski definition) is 0. The highest BCUT2D eigenvalue weighted by molar-refractivity contribution is 5.19. The van der Waals surface area contributed by atoms with E-state index in [2.05, 4.69) is 13.8 Å². The largest absolute Gasteiger partial charge is 0.0625 e. The Bertz CT molecular complexity index is 188. The van der Waals surface area contributed by atoms with Crippen molar-refractivity contribution in [3.8, 4) is 0 Å². The molecule has 0 aromatic carbocycles. The molecule has 0 saturated heterocycles. The molecule has 0 heterocycles. The Kier molecular flexibility index (Phi) is 0.990. The van der Waals surface area contributed by atoms with Crippen LogP contribution in [0, 0.1) is 29.1 Å². The van der Waals surface area contributed by atoms with Crippen LogP contribution in [-0.2, 0) is 0 Å². The van der Waals surface area contributed by atoms with Gasteiger partial charge in [-0.05, 0) is 48.3 Å². The highest BCUT2D eigenvalue weighted by atomic mass is 14.8. The minimum Gasteiger partial charge on any atom is -0.0625 e. The van der Waals surface area contributed by atoms with Crippen LogP contribution in [0.15, 0.2) is 0 Å². The van der Waals surface area contributed by atoms with E-state index in [1.165, 1.54) is 18.3 Å². The van der Waals surface area contributed by atoms with Crippen molar-refractivity contribution in [2.24, 2.45) is 29.1 Å². The molecule has 1 spiro atoms. The molecule has 0 nitrogen and oxygen atoms in total. The van der Waals surface area contributed by atoms with Gasteiger partial charge < -0.3 is 0 Å². The fraction of sp³-hybridized carbons (Fsp3) is 1.00. The molecule has 3 rings (SSSR count). The summed E-state index contributed by atoms with van der Waals surface area (Å²) in [6.07, 6.45) is 6.25. The van der Waals surface area contributed by atoms with Crippen molar-refractivity contribution >= 4 is 0 Å². The van der Waals surface area contributed by atoms with Gasteiger partial charge in [0.25, 0.3) is 0 Å². The van der Waals surface area contributed by atoms with Crippen LogP contribution >= 0.6 is 0 Å². The predicted molar refractivity (Wildman–Crippen MR) is 46.2 cm³/mol. The molecular weight excluding hydrogens is 132 g/mol. The third-order valence-corrected chi connectivity index (χ3v) is 4.73. The normalized spacial score (nSPS) is 66.0. The average Bonchev–Trinajstić information content (AvgIpc) is 2.35. The summed E-state index contributed by atoms with van der Waals surface area (Å²) in [6, 6.07) is 0. The van der Waals surface area contributed by atoms with E-state index in [1.54, 1.807) is 19.3 Å². The summed E-state index contributed by atoms with van der Waals surface area (Å²) in [4.78, 5) is 0. The summed E-state index contributed by atoms with van der Waals surface area (Å²) in [5.41, 5.74) is 0.928. The Morgan fingerprint density at radius 2 is 1.82 bits per heavy atom. The van der Waals surface area contributed by atoms with Crippen LogP contribution in [0.2, 0.25) is 0 Å². The molecular formula is C11H18. The molecule has 62 valence electrons. The zero-order valence-electron chi connectivity index (χ0n) is 7.64. The highest BCUT2D eigenvalue weighted by Crippen LogP contribution is 2.78. The van der Waals surface area contributed by atoms with Crippen LogP contribution in [0.3, 0.4) is 0 Å². The summed E-state index contributed by atoms with van der Waals surface area (Å²) >= 11 is 0. The monoisotopic (exact) mass is 150 g/mol. The van der Waals surface area contributed by atoms with Crippen LogP contribution in [-0.4, -0.2) is 0 Å². The third kappa shape index (κ3) is 0.588. The molecule has 3 aliphatic rings. The second-order valence-electron chi connectivity index (χ2n) is 5.43. The van der Waals surface area contributed by atoms with Crippen molar-refractivity contribution in [1.29, 1.82) is 0 Å². The van der Waals surface area contributed by atoms with Gasteiger partial charge in [-0.15, -0.1) is 0 Å². The summed E-state index contributed by atoms with van der Waals surface area (Å²) in [5, 5.41) is 0. The van der Waals surface area contributed by atoms with Gasteiger partial charge in [-0.1, -0.05) is 20.3 Å². The Morgan fingerprint density at radius 1 is 1.09 bits per heavy atom. The molecule has 3 aliphatic carbocycles. The van der Waals surface area contributed by atoms with E-state index < -0.39 is 0 Å². The first-order valence-corrected chi connectivity index (χ1v) is 5.24. The predicted octanol–water partition coefficient (Wildman–Crippen LogP) is 3.08. The summed E-state index contributed by atoms with van der Waals surface area (Å²) in [6.45, 7) is 4.90. The van der Waals surface area contributed by atoms with Crippen molar-refractivity contribution in [2.75, 3.05) is 0 Å². The number of fused-ring (bicyclic) bond motifs is 3. The zero-order valence-corrected chi connectivity index (χ0v) is 7.64. The molecule has 0 bridgehead atoms. The first-order valence-electron chi connectivity index (χ1n) is 5.24. The highest BCUT2D eigenvalue weighted by Gasteiger charge is 2.71. The van der Waals surface area contributed by atoms with Gasteiger partial charge in [0, 0.05) is 0 Å². The van der Waals surface area contributed by atoms with Gasteiger partial charge in [-0.25, -0.2) is 0 Å². The maximum Gasteiger partial charge on any atom is -0.0227 e. The molecule has 3 fully saturated rings. The lowest BCUT2D eigenvalue weighted by atomic mass is 9.67. The van der Waals surface area contributed by atoms with Gasteiger partial charge in [0.05, 0.1) is 0 Å². The van der Waals surface area contributed by atoms with Crippen molar-refractivity contribution in [2.45, 2.75) is 39.5 Å². The topological polar surface area (TPSA) is 0 Å². The lowest BCUT2D eigenvalue weighted by molar-refractivity contribution is 0.124. The Balaban J connectivity index is 1.78. The lowest BCUT2D eigenvalue weighted by Crippen LogP contribution is -2.28. The fourth-order valence-electron chi connectivity index (χ4n) is 4.48. The minimum atomic E-state index is 0.928. The molecule has 0 radical (unpaired) electrons. The van der Waals surface area contributed by atoms with E-state index in [9.17, 15) is 0 Å². The molecule has 0 amide bonds. The minimum absolute atomic E-state index is 0.928. The summed E-state index contributed by atoms with van der Waals surface area (Å²) < 4.78 is 0. The van der Waals surface area contributed by atoms with Crippen LogP contribution in [0.4, 0.5) is 0 Å². The van der Waals surface area contributed by atoms with Gasteiger partial charge in [0.1, 0.15) is 0 Å². The standard InChI is InChI=1S/C11H18/c1-7-5-11(6-7)9-4-3-8(2)10(9)11/h7-10H,3-6H2,1-2H3. The molecule has 0 aromatic heterocycles. The fourth-order valence-corrected chi connectivity index (χ4v) is 4.48. The van der Waals surface area contributed by atoms with Crippen molar-refractivity contribution in [3.63, 3.8) is 0 Å². The Labute approximate surface area is 69.4 Å². The molecule has 3 unspecified atom stereocenters. The SMILES string of the molecule is CC1CC2(C1)C1CCC(C)C12. The van der Waals surface area contributed by atoms with E-state index in [1.807, 2.05) is 0 Å². The average molecular weight is 150 g/mol. The van der Waals surface area contributed by atoms with E-state index in [0.29, 0.717) is 0 Å². The van der Waals surface area contributed by atoms with E-state index >= 15 is 0 Å². The maximum atomic E-state index is 2.47. The molecule has 0 aliphatic heterocycles. The van der Waals surface area contributed by atoms with Gasteiger partial charge in [0.2, 0.25) is 0 Å². The lowest BCUT2D eigenvalue weighted by Gasteiger charge is -2.37. The Morgan fingerprint density at radius 3 is 2.27 bits per heavy atom. The second kappa shape index (κ2) is 1.67. The van der Waals surface area contributed by atoms with Gasteiger partial charge >= 0.3 is 0 Å². The maximum absolute atomic E-state index is 2.47. The van der Waals surface area contributed by atoms with Crippen molar-refractivity contribution in [1.82, 2.24) is 0 Å². The molecule has 0 aromatic rings. The molecule has 3 saturated carbocycles. The number of rotatable bonds is 0. The van der Waals surface area contributed by atoms with E-state index in [0.717, 1.165) is 17.3 Å². The molecule has 11 heavy (non-hydrogen) atoms. The zero-order chi connectivity index (χ0) is 7.64. The smallest absolute Gasteiger partial charge is 0.0227 e. The third-order valence-electron chi connectivity index (χ3n) is 4.73. The molecule has 0 heteroatoms. The summed E-state index contributed by atoms with van der Waals surface area (Å²) in [5.74, 6) is 4.51. The van der Waals surface area contributed by atoms with Crippen LogP contribution < -0.4 is 0 Å². The van der Waals surface area contributed by atoms with E-state index in [-0.39, 0.29) is 0 Å². The summed E-state index contributed by atoms with van der Waals surface area (Å²) in [7, 11) is 0. The van der Waals surface area contributed by atoms with Crippen LogP contribution in [0.5, 0.6) is 0 Å². The van der Waals surface area contributed by atoms with Crippen LogP contribution in [0.1, 0.15) is 39.5 Å². The second-order valence-corrected chi connectivity index (χ2v) is 5.43. The first-order chi connectivity index (χ1) is 5.24. The first kappa shape index (κ1) is 6.51. The van der Waals surface area contributed by atoms with Crippen molar-refractivity contribution in [3.05, 3.63) is 0 Å². The molecule has 3 atom stereocenters.